The minimum atomic E-state index is 0.656. The fraction of sp³-hybridized carbons (Fsp3) is 0.545. The molecule has 0 radical (unpaired) electrons. The van der Waals surface area contributed by atoms with Gasteiger partial charge in [-0.15, -0.1) is 0 Å². The molecule has 0 atom stereocenters. The van der Waals surface area contributed by atoms with Crippen molar-refractivity contribution in [2.24, 2.45) is 14.1 Å². The number of aromatic nitrogens is 5. The molecule has 0 aromatic carbocycles. The van der Waals surface area contributed by atoms with Crippen molar-refractivity contribution < 1.29 is 0 Å². The van der Waals surface area contributed by atoms with Gasteiger partial charge in [-0.3, -0.25) is 4.68 Å². The molecular formula is C11H19N7. The molecular weight excluding hydrogens is 230 g/mol. The van der Waals surface area contributed by atoms with E-state index in [9.17, 15) is 0 Å². The van der Waals surface area contributed by atoms with Crippen molar-refractivity contribution in [3.8, 4) is 0 Å². The van der Waals surface area contributed by atoms with E-state index in [1.807, 2.05) is 39.3 Å². The summed E-state index contributed by atoms with van der Waals surface area (Å²) in [6.45, 7) is 1.40. The van der Waals surface area contributed by atoms with E-state index in [-0.39, 0.29) is 0 Å². The van der Waals surface area contributed by atoms with Gasteiger partial charge in [-0.1, -0.05) is 0 Å². The lowest BCUT2D eigenvalue weighted by molar-refractivity contribution is 0.625. The van der Waals surface area contributed by atoms with Crippen LogP contribution in [0.15, 0.2) is 12.5 Å². The number of nitrogens with zero attached hydrogens (tertiary/aromatic N) is 6. The minimum absolute atomic E-state index is 0.656. The number of anilines is 1. The third-order valence-corrected chi connectivity index (χ3v) is 2.70. The molecule has 2 aromatic heterocycles. The van der Waals surface area contributed by atoms with E-state index >= 15 is 0 Å². The second-order valence-electron chi connectivity index (χ2n) is 4.44. The molecule has 0 amide bonds. The molecule has 2 heterocycles. The fourth-order valence-electron chi connectivity index (χ4n) is 1.78. The van der Waals surface area contributed by atoms with Crippen LogP contribution >= 0.6 is 0 Å². The molecule has 0 aliphatic rings. The van der Waals surface area contributed by atoms with E-state index in [1.54, 1.807) is 11.0 Å². The molecule has 0 fully saturated rings. The highest BCUT2D eigenvalue weighted by molar-refractivity contribution is 5.30. The summed E-state index contributed by atoms with van der Waals surface area (Å²) in [5.74, 6) is 1.75. The standard InChI is InChI=1S/C11H19N7/c1-16(2)11-13-6-9(18(11)4)5-12-7-10-14-8-17(3)15-10/h6,8,12H,5,7H2,1-4H3. The van der Waals surface area contributed by atoms with Gasteiger partial charge in [0, 0.05) is 34.7 Å². The first-order valence-corrected chi connectivity index (χ1v) is 5.81. The molecule has 1 N–H and O–H groups in total. The summed E-state index contributed by atoms with van der Waals surface area (Å²) in [6.07, 6.45) is 3.58. The van der Waals surface area contributed by atoms with Gasteiger partial charge < -0.3 is 14.8 Å². The molecule has 0 spiro atoms. The van der Waals surface area contributed by atoms with Crippen LogP contribution in [-0.4, -0.2) is 38.4 Å². The van der Waals surface area contributed by atoms with Gasteiger partial charge >= 0.3 is 0 Å². The Hall–Kier alpha value is -1.89. The van der Waals surface area contributed by atoms with Gasteiger partial charge in [-0.2, -0.15) is 5.10 Å². The summed E-state index contributed by atoms with van der Waals surface area (Å²) in [7, 11) is 7.84. The summed E-state index contributed by atoms with van der Waals surface area (Å²) in [6, 6.07) is 0. The van der Waals surface area contributed by atoms with Crippen molar-refractivity contribution >= 4 is 5.95 Å². The van der Waals surface area contributed by atoms with E-state index in [0.29, 0.717) is 6.54 Å². The second kappa shape index (κ2) is 5.18. The van der Waals surface area contributed by atoms with Crippen molar-refractivity contribution in [1.29, 1.82) is 0 Å². The smallest absolute Gasteiger partial charge is 0.204 e. The van der Waals surface area contributed by atoms with Crippen LogP contribution in [0.3, 0.4) is 0 Å². The Morgan fingerprint density at radius 1 is 1.22 bits per heavy atom. The van der Waals surface area contributed by atoms with Crippen LogP contribution in [0.5, 0.6) is 0 Å². The molecule has 18 heavy (non-hydrogen) atoms. The molecule has 7 heteroatoms. The van der Waals surface area contributed by atoms with Crippen molar-refractivity contribution in [3.05, 3.63) is 24.0 Å². The quantitative estimate of drug-likeness (QED) is 0.802. The topological polar surface area (TPSA) is 63.8 Å². The maximum Gasteiger partial charge on any atom is 0.204 e. The summed E-state index contributed by atoms with van der Waals surface area (Å²) in [5, 5.41) is 7.52. The van der Waals surface area contributed by atoms with E-state index in [4.69, 9.17) is 0 Å². The maximum absolute atomic E-state index is 4.36. The molecule has 0 saturated heterocycles. The number of rotatable bonds is 5. The highest BCUT2D eigenvalue weighted by Gasteiger charge is 2.07. The van der Waals surface area contributed by atoms with Crippen molar-refractivity contribution in [2.75, 3.05) is 19.0 Å². The fourth-order valence-corrected chi connectivity index (χ4v) is 1.78. The van der Waals surface area contributed by atoms with E-state index in [1.165, 1.54) is 0 Å². The molecule has 98 valence electrons. The Kier molecular flexibility index (Phi) is 3.61. The van der Waals surface area contributed by atoms with Gasteiger partial charge in [0.05, 0.1) is 18.4 Å². The maximum atomic E-state index is 4.36. The monoisotopic (exact) mass is 249 g/mol. The van der Waals surface area contributed by atoms with E-state index in [0.717, 1.165) is 24.0 Å². The summed E-state index contributed by atoms with van der Waals surface area (Å²) < 4.78 is 3.77. The lowest BCUT2D eigenvalue weighted by Gasteiger charge is -2.12. The normalized spacial score (nSPS) is 10.9. The van der Waals surface area contributed by atoms with Crippen LogP contribution in [0.25, 0.3) is 0 Å². The first kappa shape index (κ1) is 12.6. The number of hydrogen-bond acceptors (Lipinski definition) is 5. The van der Waals surface area contributed by atoms with Gasteiger partial charge in [-0.25, -0.2) is 9.97 Å². The predicted molar refractivity (Wildman–Crippen MR) is 69.1 cm³/mol. The van der Waals surface area contributed by atoms with Gasteiger partial charge in [0.1, 0.15) is 6.33 Å². The van der Waals surface area contributed by atoms with Crippen LogP contribution in [0.1, 0.15) is 11.5 Å². The van der Waals surface area contributed by atoms with Crippen molar-refractivity contribution in [3.63, 3.8) is 0 Å². The summed E-state index contributed by atoms with van der Waals surface area (Å²) in [5.41, 5.74) is 1.13. The number of nitrogens with one attached hydrogen (secondary N) is 1. The second-order valence-corrected chi connectivity index (χ2v) is 4.44. The Balaban J connectivity index is 1.90. The van der Waals surface area contributed by atoms with Crippen LogP contribution in [0.4, 0.5) is 5.95 Å². The van der Waals surface area contributed by atoms with Gasteiger partial charge in [-0.05, 0) is 0 Å². The predicted octanol–water partition coefficient (Wildman–Crippen LogP) is -0.0956. The SMILES string of the molecule is CN(C)c1ncc(CNCc2ncn(C)n2)n1C. The lowest BCUT2D eigenvalue weighted by atomic mass is 10.4. The van der Waals surface area contributed by atoms with Crippen LogP contribution in [0, 0.1) is 0 Å². The zero-order valence-electron chi connectivity index (χ0n) is 11.3. The third-order valence-electron chi connectivity index (χ3n) is 2.70. The summed E-state index contributed by atoms with van der Waals surface area (Å²) >= 11 is 0. The molecule has 0 unspecified atom stereocenters. The molecule has 0 aliphatic carbocycles. The van der Waals surface area contributed by atoms with Crippen molar-refractivity contribution in [2.45, 2.75) is 13.1 Å². The zero-order valence-corrected chi connectivity index (χ0v) is 11.3. The Labute approximate surface area is 106 Å². The van der Waals surface area contributed by atoms with E-state index in [2.05, 4.69) is 25.0 Å². The molecule has 0 saturated carbocycles. The highest BCUT2D eigenvalue weighted by atomic mass is 15.3. The first-order valence-electron chi connectivity index (χ1n) is 5.81. The Bertz CT molecular complexity index is 511. The Morgan fingerprint density at radius 3 is 2.56 bits per heavy atom. The van der Waals surface area contributed by atoms with Crippen LogP contribution < -0.4 is 10.2 Å². The number of hydrogen-bond donors (Lipinski definition) is 1. The Morgan fingerprint density at radius 2 is 2.00 bits per heavy atom. The van der Waals surface area contributed by atoms with Crippen LogP contribution in [0.2, 0.25) is 0 Å². The van der Waals surface area contributed by atoms with E-state index < -0.39 is 0 Å². The molecule has 0 bridgehead atoms. The minimum Gasteiger partial charge on any atom is -0.348 e. The molecule has 7 nitrogen and oxygen atoms in total. The van der Waals surface area contributed by atoms with Crippen molar-refractivity contribution in [1.82, 2.24) is 29.6 Å². The van der Waals surface area contributed by atoms with Gasteiger partial charge in [0.15, 0.2) is 5.82 Å². The van der Waals surface area contributed by atoms with Crippen LogP contribution in [-0.2, 0) is 27.2 Å². The first-order chi connectivity index (χ1) is 8.58. The molecule has 0 aliphatic heterocycles. The largest absolute Gasteiger partial charge is 0.348 e. The average molecular weight is 249 g/mol. The van der Waals surface area contributed by atoms with Gasteiger partial charge in [0.2, 0.25) is 5.95 Å². The highest BCUT2D eigenvalue weighted by Crippen LogP contribution is 2.10. The lowest BCUT2D eigenvalue weighted by Crippen LogP contribution is -2.18. The average Bonchev–Trinajstić information content (AvgIpc) is 2.87. The molecule has 2 aromatic rings. The third kappa shape index (κ3) is 2.67. The molecule has 2 rings (SSSR count). The summed E-state index contributed by atoms with van der Waals surface area (Å²) in [4.78, 5) is 10.5. The van der Waals surface area contributed by atoms with Gasteiger partial charge in [0.25, 0.3) is 0 Å². The zero-order chi connectivity index (χ0) is 13.1. The number of imidazole rings is 1. The number of aryl methyl sites for hydroxylation is 1.